The van der Waals surface area contributed by atoms with Crippen LogP contribution in [0.5, 0.6) is 0 Å². The van der Waals surface area contributed by atoms with E-state index < -0.39 is 18.1 Å². The van der Waals surface area contributed by atoms with Gasteiger partial charge in [-0.1, -0.05) is 28.1 Å². The van der Waals surface area contributed by atoms with Crippen molar-refractivity contribution in [3.8, 4) is 6.07 Å². The molecule has 0 amide bonds. The Morgan fingerprint density at radius 2 is 1.95 bits per heavy atom. The van der Waals surface area contributed by atoms with Crippen molar-refractivity contribution in [3.05, 3.63) is 34.3 Å². The summed E-state index contributed by atoms with van der Waals surface area (Å²) in [5, 5.41) is 9.50. The van der Waals surface area contributed by atoms with Crippen LogP contribution in [0.1, 0.15) is 18.4 Å². The zero-order valence-electron chi connectivity index (χ0n) is 10.8. The normalized spacial score (nSPS) is 19.6. The highest BCUT2D eigenvalue weighted by Gasteiger charge is 2.39. The number of piperidine rings is 1. The van der Waals surface area contributed by atoms with Crippen LogP contribution in [-0.2, 0) is 5.41 Å². The van der Waals surface area contributed by atoms with Gasteiger partial charge in [0, 0.05) is 17.6 Å². The van der Waals surface area contributed by atoms with E-state index in [0.717, 1.165) is 10.0 Å². The molecule has 0 atom stereocenters. The fourth-order valence-corrected chi connectivity index (χ4v) is 3.00. The Morgan fingerprint density at radius 3 is 2.45 bits per heavy atom. The molecule has 1 aliphatic rings. The molecule has 1 aromatic rings. The van der Waals surface area contributed by atoms with Gasteiger partial charge in [0.1, 0.15) is 0 Å². The molecule has 0 bridgehead atoms. The highest BCUT2D eigenvalue weighted by Crippen LogP contribution is 2.36. The average Bonchev–Trinajstić information content (AvgIpc) is 2.38. The zero-order valence-corrected chi connectivity index (χ0v) is 12.3. The molecule has 0 radical (unpaired) electrons. The summed E-state index contributed by atoms with van der Waals surface area (Å²) in [6, 6.07) is 9.78. The summed E-state index contributed by atoms with van der Waals surface area (Å²) < 4.78 is 38.0. The van der Waals surface area contributed by atoms with Crippen LogP contribution in [0.3, 0.4) is 0 Å². The first-order chi connectivity index (χ1) is 9.35. The van der Waals surface area contributed by atoms with E-state index in [1.54, 1.807) is 0 Å². The number of hydrogen-bond donors (Lipinski definition) is 0. The number of nitriles is 1. The molecule has 0 aromatic heterocycles. The number of halogens is 4. The summed E-state index contributed by atoms with van der Waals surface area (Å²) in [5.74, 6) is 0. The molecule has 0 N–H and O–H groups in total. The lowest BCUT2D eigenvalue weighted by Crippen LogP contribution is -2.45. The summed E-state index contributed by atoms with van der Waals surface area (Å²) >= 11 is 3.37. The third kappa shape index (κ3) is 3.53. The lowest BCUT2D eigenvalue weighted by molar-refractivity contribution is -0.148. The second-order valence-corrected chi connectivity index (χ2v) is 6.01. The lowest BCUT2D eigenvalue weighted by atomic mass is 9.74. The number of alkyl halides is 3. The van der Waals surface area contributed by atoms with Crippen LogP contribution in [-0.4, -0.2) is 30.7 Å². The molecule has 6 heteroatoms. The van der Waals surface area contributed by atoms with E-state index in [4.69, 9.17) is 0 Å². The molecule has 1 aliphatic heterocycles. The van der Waals surface area contributed by atoms with Crippen molar-refractivity contribution in [1.82, 2.24) is 4.90 Å². The van der Waals surface area contributed by atoms with E-state index in [0.29, 0.717) is 25.9 Å². The molecule has 20 heavy (non-hydrogen) atoms. The van der Waals surface area contributed by atoms with Gasteiger partial charge in [-0.2, -0.15) is 18.4 Å². The highest BCUT2D eigenvalue weighted by atomic mass is 79.9. The summed E-state index contributed by atoms with van der Waals surface area (Å²) in [6.07, 6.45) is -3.32. The summed E-state index contributed by atoms with van der Waals surface area (Å²) in [4.78, 5) is 1.37. The molecule has 0 spiro atoms. The molecule has 0 aliphatic carbocycles. The Kier molecular flexibility index (Phi) is 4.40. The van der Waals surface area contributed by atoms with Crippen molar-refractivity contribution in [1.29, 1.82) is 5.26 Å². The third-order valence-electron chi connectivity index (χ3n) is 3.70. The monoisotopic (exact) mass is 346 g/mol. The molecular weight excluding hydrogens is 333 g/mol. The smallest absolute Gasteiger partial charge is 0.295 e. The molecule has 1 heterocycles. The predicted octanol–water partition coefficient (Wildman–Crippen LogP) is 3.87. The van der Waals surface area contributed by atoms with Crippen molar-refractivity contribution in [2.24, 2.45) is 0 Å². The zero-order chi connectivity index (χ0) is 14.8. The van der Waals surface area contributed by atoms with E-state index in [1.807, 2.05) is 24.3 Å². The van der Waals surface area contributed by atoms with E-state index in [1.165, 1.54) is 4.90 Å². The average molecular weight is 347 g/mol. The van der Waals surface area contributed by atoms with Crippen molar-refractivity contribution >= 4 is 15.9 Å². The van der Waals surface area contributed by atoms with Crippen molar-refractivity contribution < 1.29 is 13.2 Å². The van der Waals surface area contributed by atoms with E-state index in [9.17, 15) is 18.4 Å². The number of rotatable bonds is 2. The minimum atomic E-state index is -4.18. The van der Waals surface area contributed by atoms with Crippen LogP contribution < -0.4 is 0 Å². The van der Waals surface area contributed by atoms with Crippen molar-refractivity contribution in [2.45, 2.75) is 24.4 Å². The molecule has 1 aromatic carbocycles. The fraction of sp³-hybridized carbons (Fsp3) is 0.500. The molecule has 1 saturated heterocycles. The van der Waals surface area contributed by atoms with Gasteiger partial charge in [-0.25, -0.2) is 0 Å². The molecular formula is C14H14BrF3N2. The van der Waals surface area contributed by atoms with Crippen LogP contribution in [0, 0.1) is 11.3 Å². The molecule has 0 unspecified atom stereocenters. The van der Waals surface area contributed by atoms with Crippen molar-refractivity contribution in [2.75, 3.05) is 19.6 Å². The van der Waals surface area contributed by atoms with Crippen LogP contribution in [0.25, 0.3) is 0 Å². The molecule has 108 valence electrons. The van der Waals surface area contributed by atoms with Gasteiger partial charge in [0.15, 0.2) is 0 Å². The first-order valence-electron chi connectivity index (χ1n) is 6.31. The topological polar surface area (TPSA) is 27.0 Å². The third-order valence-corrected chi connectivity index (χ3v) is 4.20. The van der Waals surface area contributed by atoms with Gasteiger partial charge in [-0.05, 0) is 30.5 Å². The Hall–Kier alpha value is -1.06. The highest BCUT2D eigenvalue weighted by molar-refractivity contribution is 9.10. The van der Waals surface area contributed by atoms with Crippen LogP contribution in [0.4, 0.5) is 13.2 Å². The number of hydrogen-bond acceptors (Lipinski definition) is 2. The van der Waals surface area contributed by atoms with E-state index in [2.05, 4.69) is 22.0 Å². The summed E-state index contributed by atoms with van der Waals surface area (Å²) in [7, 11) is 0. The maximum atomic E-state index is 12.4. The van der Waals surface area contributed by atoms with Crippen LogP contribution in [0.15, 0.2) is 28.7 Å². The largest absolute Gasteiger partial charge is 0.401 e. The number of benzene rings is 1. The summed E-state index contributed by atoms with van der Waals surface area (Å²) in [5.41, 5.74) is 0.201. The Balaban J connectivity index is 2.11. The SMILES string of the molecule is N#CC1(c2cccc(Br)c2)CCN(CC(F)(F)F)CC1. The lowest BCUT2D eigenvalue weighted by Gasteiger charge is -2.37. The first kappa shape index (κ1) is 15.3. The Morgan fingerprint density at radius 1 is 1.30 bits per heavy atom. The van der Waals surface area contributed by atoms with Gasteiger partial charge in [0.25, 0.3) is 0 Å². The van der Waals surface area contributed by atoms with Gasteiger partial charge in [0.05, 0.1) is 18.0 Å². The minimum Gasteiger partial charge on any atom is -0.295 e. The molecule has 2 rings (SSSR count). The fourth-order valence-electron chi connectivity index (χ4n) is 2.60. The van der Waals surface area contributed by atoms with Gasteiger partial charge in [0.2, 0.25) is 0 Å². The van der Waals surface area contributed by atoms with Crippen molar-refractivity contribution in [3.63, 3.8) is 0 Å². The van der Waals surface area contributed by atoms with E-state index in [-0.39, 0.29) is 0 Å². The minimum absolute atomic E-state index is 0.291. The number of likely N-dealkylation sites (tertiary alicyclic amines) is 1. The Bertz CT molecular complexity index is 514. The van der Waals surface area contributed by atoms with Gasteiger partial charge in [-0.15, -0.1) is 0 Å². The second kappa shape index (κ2) is 5.74. The van der Waals surface area contributed by atoms with E-state index >= 15 is 0 Å². The maximum absolute atomic E-state index is 12.4. The van der Waals surface area contributed by atoms with Crippen LogP contribution >= 0.6 is 15.9 Å². The second-order valence-electron chi connectivity index (χ2n) is 5.10. The van der Waals surface area contributed by atoms with Crippen LogP contribution in [0.2, 0.25) is 0 Å². The molecule has 1 fully saturated rings. The van der Waals surface area contributed by atoms with Gasteiger partial charge in [-0.3, -0.25) is 4.90 Å². The Labute approximate surface area is 124 Å². The predicted molar refractivity (Wildman–Crippen MR) is 73.2 cm³/mol. The first-order valence-corrected chi connectivity index (χ1v) is 7.10. The molecule has 2 nitrogen and oxygen atoms in total. The quantitative estimate of drug-likeness (QED) is 0.812. The maximum Gasteiger partial charge on any atom is 0.401 e. The molecule has 0 saturated carbocycles. The summed E-state index contributed by atoms with van der Waals surface area (Å²) in [6.45, 7) is -0.313. The van der Waals surface area contributed by atoms with Gasteiger partial charge < -0.3 is 0 Å². The number of nitrogens with zero attached hydrogens (tertiary/aromatic N) is 2. The standard InChI is InChI=1S/C14H14BrF3N2/c15-12-3-1-2-11(8-12)13(9-19)4-6-20(7-5-13)10-14(16,17)18/h1-3,8H,4-7,10H2. The van der Waals surface area contributed by atoms with Gasteiger partial charge >= 0.3 is 6.18 Å².